The van der Waals surface area contributed by atoms with Crippen molar-refractivity contribution in [1.29, 1.82) is 0 Å². The molecule has 2 N–H and O–H groups in total. The van der Waals surface area contributed by atoms with Crippen LogP contribution >= 0.6 is 0 Å². The van der Waals surface area contributed by atoms with Crippen LogP contribution in [0.3, 0.4) is 0 Å². The normalized spacial score (nSPS) is 21.3. The van der Waals surface area contributed by atoms with Crippen LogP contribution in [0, 0.1) is 11.8 Å². The van der Waals surface area contributed by atoms with Crippen molar-refractivity contribution in [2.75, 3.05) is 37.9 Å². The number of carbonyl (C=O) groups excluding carboxylic acids is 2. The second kappa shape index (κ2) is 10.2. The summed E-state index contributed by atoms with van der Waals surface area (Å²) >= 11 is 0. The van der Waals surface area contributed by atoms with Gasteiger partial charge in [-0.15, -0.1) is 0 Å². The minimum atomic E-state index is -0.188. The van der Waals surface area contributed by atoms with Gasteiger partial charge in [0, 0.05) is 61.1 Å². The minimum Gasteiger partial charge on any atom is -0.497 e. The van der Waals surface area contributed by atoms with Gasteiger partial charge in [-0.3, -0.25) is 9.59 Å². The van der Waals surface area contributed by atoms with Crippen LogP contribution in [0.2, 0.25) is 0 Å². The van der Waals surface area contributed by atoms with Crippen molar-refractivity contribution in [3.05, 3.63) is 46.4 Å². The number of likely N-dealkylation sites (tertiary alicyclic amines) is 1. The molecule has 1 saturated carbocycles. The van der Waals surface area contributed by atoms with Crippen LogP contribution in [-0.4, -0.2) is 48.7 Å². The summed E-state index contributed by atoms with van der Waals surface area (Å²) in [6.07, 6.45) is 6.03. The predicted octanol–water partition coefficient (Wildman–Crippen LogP) is 4.04. The first kappa shape index (κ1) is 24.2. The first-order valence-electron chi connectivity index (χ1n) is 12.8. The van der Waals surface area contributed by atoms with E-state index in [1.165, 1.54) is 6.42 Å². The molecule has 3 heterocycles. The van der Waals surface area contributed by atoms with Crippen molar-refractivity contribution in [2.45, 2.75) is 51.0 Å². The number of rotatable bonds is 5. The molecule has 2 fully saturated rings. The van der Waals surface area contributed by atoms with E-state index >= 15 is 0 Å². The number of anilines is 2. The molecule has 2 atom stereocenters. The Hall–Kier alpha value is -3.49. The van der Waals surface area contributed by atoms with E-state index in [4.69, 9.17) is 9.47 Å². The summed E-state index contributed by atoms with van der Waals surface area (Å²) in [6, 6.07) is 8.74. The maximum absolute atomic E-state index is 13.3. The molecule has 2 aliphatic heterocycles. The zero-order chi connectivity index (χ0) is 25.2. The number of nitrogens with one attached hydrogen (secondary N) is 2. The van der Waals surface area contributed by atoms with E-state index in [9.17, 15) is 14.4 Å². The summed E-state index contributed by atoms with van der Waals surface area (Å²) in [5.41, 5.74) is 1.73. The summed E-state index contributed by atoms with van der Waals surface area (Å²) in [5.74, 6) is 1.39. The zero-order valence-corrected chi connectivity index (χ0v) is 20.9. The maximum atomic E-state index is 13.3. The molecule has 36 heavy (non-hydrogen) atoms. The molecule has 3 amide bonds. The van der Waals surface area contributed by atoms with Crippen LogP contribution in [0.4, 0.5) is 16.2 Å². The Morgan fingerprint density at radius 1 is 0.917 bits per heavy atom. The predicted molar refractivity (Wildman–Crippen MR) is 137 cm³/mol. The maximum Gasteiger partial charge on any atom is 0.321 e. The molecule has 1 aliphatic carbocycles. The van der Waals surface area contributed by atoms with Gasteiger partial charge in [0.1, 0.15) is 17.2 Å². The molecule has 1 aromatic heterocycles. The Morgan fingerprint density at radius 3 is 2.33 bits per heavy atom. The average Bonchev–Trinajstić information content (AvgIpc) is 2.90. The summed E-state index contributed by atoms with van der Waals surface area (Å²) < 4.78 is 12.4. The lowest BCUT2D eigenvalue weighted by atomic mass is 9.83. The van der Waals surface area contributed by atoms with Crippen molar-refractivity contribution in [3.63, 3.8) is 0 Å². The monoisotopic (exact) mass is 494 g/mol. The van der Waals surface area contributed by atoms with Crippen LogP contribution in [0.5, 0.6) is 11.5 Å². The number of hydrogen-bond acceptors (Lipinski definition) is 5. The number of carbonyl (C=O) groups is 2. The molecular weight excluding hydrogens is 460 g/mol. The van der Waals surface area contributed by atoms with Crippen LogP contribution in [-0.2, 0) is 11.3 Å². The molecule has 2 unspecified atom stereocenters. The van der Waals surface area contributed by atoms with Gasteiger partial charge in [0.15, 0.2) is 0 Å². The van der Waals surface area contributed by atoms with Gasteiger partial charge >= 0.3 is 6.03 Å². The van der Waals surface area contributed by atoms with Crippen LogP contribution in [0.1, 0.15) is 50.1 Å². The van der Waals surface area contributed by atoms with Gasteiger partial charge in [-0.1, -0.05) is 19.3 Å². The number of methoxy groups -OCH3 is 2. The van der Waals surface area contributed by atoms with Gasteiger partial charge in [-0.2, -0.15) is 0 Å². The molecule has 192 valence electrons. The highest BCUT2D eigenvalue weighted by Gasteiger charge is 2.37. The van der Waals surface area contributed by atoms with E-state index in [1.807, 2.05) is 11.0 Å². The molecule has 0 spiro atoms. The number of urea groups is 1. The number of hydrogen-bond donors (Lipinski definition) is 2. The van der Waals surface area contributed by atoms with Crippen molar-refractivity contribution in [1.82, 2.24) is 9.47 Å². The van der Waals surface area contributed by atoms with Crippen LogP contribution in [0.15, 0.2) is 35.1 Å². The number of piperidine rings is 1. The molecule has 5 rings (SSSR count). The van der Waals surface area contributed by atoms with Gasteiger partial charge < -0.3 is 29.6 Å². The molecule has 2 bridgehead atoms. The number of amides is 3. The average molecular weight is 495 g/mol. The van der Waals surface area contributed by atoms with Gasteiger partial charge in [-0.25, -0.2) is 4.79 Å². The van der Waals surface area contributed by atoms with Gasteiger partial charge in [0.25, 0.3) is 5.56 Å². The fraction of sp³-hybridized carbons (Fsp3) is 0.519. The summed E-state index contributed by atoms with van der Waals surface area (Å²) in [7, 11) is 3.14. The van der Waals surface area contributed by atoms with Crippen LogP contribution < -0.4 is 25.7 Å². The molecule has 9 nitrogen and oxygen atoms in total. The Balaban J connectivity index is 1.29. The van der Waals surface area contributed by atoms with E-state index in [2.05, 4.69) is 10.6 Å². The fourth-order valence-corrected chi connectivity index (χ4v) is 5.89. The molecule has 1 aromatic carbocycles. The highest BCUT2D eigenvalue weighted by atomic mass is 16.5. The number of fused-ring (bicyclic) bond motifs is 4. The van der Waals surface area contributed by atoms with E-state index in [1.54, 1.807) is 43.1 Å². The van der Waals surface area contributed by atoms with Crippen molar-refractivity contribution >= 4 is 23.3 Å². The van der Waals surface area contributed by atoms with Gasteiger partial charge in [0.05, 0.1) is 14.2 Å². The highest BCUT2D eigenvalue weighted by Crippen LogP contribution is 2.36. The third-order valence-corrected chi connectivity index (χ3v) is 7.73. The Kier molecular flexibility index (Phi) is 6.89. The topological polar surface area (TPSA) is 102 Å². The number of nitrogens with zero attached hydrogens (tertiary/aromatic N) is 2. The molecule has 3 aliphatic rings. The van der Waals surface area contributed by atoms with Gasteiger partial charge in [-0.05, 0) is 37.3 Å². The largest absolute Gasteiger partial charge is 0.497 e. The number of aromatic nitrogens is 1. The lowest BCUT2D eigenvalue weighted by Crippen LogP contribution is -2.50. The first-order valence-corrected chi connectivity index (χ1v) is 12.8. The number of pyridine rings is 1. The first-order chi connectivity index (χ1) is 17.4. The van der Waals surface area contributed by atoms with Crippen molar-refractivity contribution in [2.24, 2.45) is 11.8 Å². The molecule has 2 aromatic rings. The quantitative estimate of drug-likeness (QED) is 0.653. The smallest absolute Gasteiger partial charge is 0.321 e. The van der Waals surface area contributed by atoms with E-state index in [0.717, 1.165) is 37.8 Å². The lowest BCUT2D eigenvalue weighted by molar-refractivity contribution is -0.120. The Bertz CT molecular complexity index is 1180. The standard InChI is InChI=1S/C27H34N4O5/c1-35-21-11-20(12-22(13-21)36-2)28-27(34)30-14-17-10-19(16-30)24-9-8-23(26(33)31(24)15-17)29-25(32)18-6-4-3-5-7-18/h8-9,11-13,17-19H,3-7,10,14-16H2,1-2H3,(H,28,34)(H,29,32). The summed E-state index contributed by atoms with van der Waals surface area (Å²) in [4.78, 5) is 40.9. The van der Waals surface area contributed by atoms with E-state index in [-0.39, 0.29) is 35.3 Å². The Labute approximate surface area is 210 Å². The number of benzene rings is 1. The molecule has 9 heteroatoms. The number of ether oxygens (including phenoxy) is 2. The molecule has 1 saturated heterocycles. The SMILES string of the molecule is COc1cc(NC(=O)N2CC3CC(C2)c2ccc(NC(=O)C4CCCCC4)c(=O)n2C3)cc(OC)c1. The zero-order valence-electron chi connectivity index (χ0n) is 20.9. The molecular formula is C27H34N4O5. The van der Waals surface area contributed by atoms with Crippen LogP contribution in [0.25, 0.3) is 0 Å². The van der Waals surface area contributed by atoms with Gasteiger partial charge in [0.2, 0.25) is 5.91 Å². The van der Waals surface area contributed by atoms with Crippen molar-refractivity contribution in [3.8, 4) is 11.5 Å². The third kappa shape index (κ3) is 4.92. The third-order valence-electron chi connectivity index (χ3n) is 7.73. The molecule has 0 radical (unpaired) electrons. The fourth-order valence-electron chi connectivity index (χ4n) is 5.89. The van der Waals surface area contributed by atoms with E-state index < -0.39 is 0 Å². The van der Waals surface area contributed by atoms with E-state index in [0.29, 0.717) is 42.5 Å². The Morgan fingerprint density at radius 2 is 1.64 bits per heavy atom. The summed E-state index contributed by atoms with van der Waals surface area (Å²) in [5, 5.41) is 5.86. The highest BCUT2D eigenvalue weighted by molar-refractivity contribution is 5.92. The second-order valence-corrected chi connectivity index (χ2v) is 10.1. The summed E-state index contributed by atoms with van der Waals surface area (Å²) in [6.45, 7) is 1.62. The minimum absolute atomic E-state index is 0.00446. The second-order valence-electron chi connectivity index (χ2n) is 10.1. The van der Waals surface area contributed by atoms with Crippen molar-refractivity contribution < 1.29 is 19.1 Å². The lowest BCUT2D eigenvalue weighted by Gasteiger charge is -2.42.